The molecule has 4 nitrogen and oxygen atoms in total. The zero-order chi connectivity index (χ0) is 15.6. The van der Waals surface area contributed by atoms with Gasteiger partial charge in [0.05, 0.1) is 12.0 Å². The Balaban J connectivity index is 1.35. The number of carbonyl (C=O) groups excluding carboxylic acids is 1. The predicted octanol–water partition coefficient (Wildman–Crippen LogP) is 2.61. The third kappa shape index (κ3) is 3.03. The summed E-state index contributed by atoms with van der Waals surface area (Å²) in [5.74, 6) is 1.09. The minimum absolute atomic E-state index is 0.137. The fourth-order valence-electron chi connectivity index (χ4n) is 4.02. The molecule has 2 aromatic rings. The van der Waals surface area contributed by atoms with Gasteiger partial charge in [-0.3, -0.25) is 4.79 Å². The maximum atomic E-state index is 12.8. The van der Waals surface area contributed by atoms with E-state index < -0.39 is 0 Å². The predicted molar refractivity (Wildman–Crippen MR) is 88.9 cm³/mol. The Labute approximate surface area is 136 Å². The van der Waals surface area contributed by atoms with E-state index in [1.807, 2.05) is 0 Å². The molecular weight excluding hydrogens is 286 g/mol. The molecule has 1 fully saturated rings. The molecule has 0 saturated carbocycles. The highest BCUT2D eigenvalue weighted by atomic mass is 16.2. The molecule has 0 unspecified atom stereocenters. The van der Waals surface area contributed by atoms with Gasteiger partial charge in [0.15, 0.2) is 0 Å². The molecule has 1 aliphatic heterocycles. The fraction of sp³-hybridized carbons (Fsp3) is 0.474. The van der Waals surface area contributed by atoms with Gasteiger partial charge >= 0.3 is 0 Å². The van der Waals surface area contributed by atoms with Crippen LogP contribution in [0.4, 0.5) is 0 Å². The Kier molecular flexibility index (Phi) is 3.90. The Morgan fingerprint density at radius 3 is 3.00 bits per heavy atom. The van der Waals surface area contributed by atoms with Gasteiger partial charge in [-0.1, -0.05) is 30.3 Å². The molecule has 0 radical (unpaired) electrons. The molecular formula is C19H23N3O. The number of hydrogen-bond donors (Lipinski definition) is 1. The summed E-state index contributed by atoms with van der Waals surface area (Å²) in [5.41, 5.74) is 3.69. The molecule has 1 aliphatic carbocycles. The average Bonchev–Trinajstić information content (AvgIpc) is 3.23. The highest BCUT2D eigenvalue weighted by Crippen LogP contribution is 2.28. The van der Waals surface area contributed by atoms with Crippen molar-refractivity contribution in [3.05, 3.63) is 53.6 Å². The summed E-state index contributed by atoms with van der Waals surface area (Å²) >= 11 is 0. The number of imidazole rings is 1. The lowest BCUT2D eigenvalue weighted by Gasteiger charge is -2.26. The van der Waals surface area contributed by atoms with Crippen molar-refractivity contribution in [2.45, 2.75) is 32.1 Å². The number of aromatic nitrogens is 2. The number of H-pyrrole nitrogens is 1. The van der Waals surface area contributed by atoms with Crippen LogP contribution < -0.4 is 0 Å². The van der Waals surface area contributed by atoms with Gasteiger partial charge < -0.3 is 9.88 Å². The maximum Gasteiger partial charge on any atom is 0.226 e. The Morgan fingerprint density at radius 2 is 2.13 bits per heavy atom. The molecule has 23 heavy (non-hydrogen) atoms. The van der Waals surface area contributed by atoms with Crippen LogP contribution in [0.2, 0.25) is 0 Å². The monoisotopic (exact) mass is 309 g/mol. The van der Waals surface area contributed by atoms with Crippen molar-refractivity contribution < 1.29 is 4.79 Å². The summed E-state index contributed by atoms with van der Waals surface area (Å²) in [7, 11) is 0. The number of hydrogen-bond acceptors (Lipinski definition) is 2. The number of rotatable bonds is 3. The van der Waals surface area contributed by atoms with E-state index in [-0.39, 0.29) is 5.92 Å². The highest BCUT2D eigenvalue weighted by Gasteiger charge is 2.33. The number of likely N-dealkylation sites (tertiary alicyclic amines) is 1. The quantitative estimate of drug-likeness (QED) is 0.947. The molecule has 2 heterocycles. The van der Waals surface area contributed by atoms with Crippen molar-refractivity contribution in [2.75, 3.05) is 13.1 Å². The first-order valence-electron chi connectivity index (χ1n) is 8.63. The number of nitrogens with zero attached hydrogens (tertiary/aromatic N) is 2. The normalized spacial score (nSPS) is 23.7. The van der Waals surface area contributed by atoms with E-state index in [0.29, 0.717) is 11.8 Å². The van der Waals surface area contributed by atoms with Crippen molar-refractivity contribution in [1.82, 2.24) is 14.9 Å². The van der Waals surface area contributed by atoms with Crippen molar-refractivity contribution >= 4 is 5.91 Å². The molecule has 4 rings (SSSR count). The smallest absolute Gasteiger partial charge is 0.226 e. The van der Waals surface area contributed by atoms with E-state index in [4.69, 9.17) is 0 Å². The van der Waals surface area contributed by atoms with Gasteiger partial charge in [0, 0.05) is 31.1 Å². The number of amides is 1. The van der Waals surface area contributed by atoms with Gasteiger partial charge in [0.25, 0.3) is 0 Å². The molecule has 1 saturated heterocycles. The second kappa shape index (κ2) is 6.19. The SMILES string of the molecule is O=C([C@H]1CCc2nc[nH]c2C1)N1CC[C@@H](Cc2ccccc2)C1. The van der Waals surface area contributed by atoms with Gasteiger partial charge in [-0.2, -0.15) is 0 Å². The fourth-order valence-corrected chi connectivity index (χ4v) is 4.02. The summed E-state index contributed by atoms with van der Waals surface area (Å²) in [6.07, 6.45) is 6.66. The van der Waals surface area contributed by atoms with Crippen LogP contribution in [0.15, 0.2) is 36.7 Å². The van der Waals surface area contributed by atoms with Crippen LogP contribution in [-0.4, -0.2) is 33.9 Å². The van der Waals surface area contributed by atoms with Gasteiger partial charge in [-0.15, -0.1) is 0 Å². The third-order valence-corrected chi connectivity index (χ3v) is 5.30. The lowest BCUT2D eigenvalue weighted by atomic mass is 9.89. The van der Waals surface area contributed by atoms with E-state index >= 15 is 0 Å². The minimum Gasteiger partial charge on any atom is -0.348 e. The molecule has 0 bridgehead atoms. The van der Waals surface area contributed by atoms with Gasteiger partial charge in [0.2, 0.25) is 5.91 Å². The summed E-state index contributed by atoms with van der Waals surface area (Å²) < 4.78 is 0. The zero-order valence-electron chi connectivity index (χ0n) is 13.4. The van der Waals surface area contributed by atoms with Crippen LogP contribution in [-0.2, 0) is 24.1 Å². The van der Waals surface area contributed by atoms with Gasteiger partial charge in [-0.05, 0) is 37.2 Å². The first kappa shape index (κ1) is 14.5. The van der Waals surface area contributed by atoms with E-state index in [0.717, 1.165) is 56.6 Å². The van der Waals surface area contributed by atoms with Crippen LogP contribution in [0.5, 0.6) is 0 Å². The van der Waals surface area contributed by atoms with Gasteiger partial charge in [-0.25, -0.2) is 4.98 Å². The Hall–Kier alpha value is -2.10. The number of aromatic amines is 1. The second-order valence-electron chi connectivity index (χ2n) is 6.90. The summed E-state index contributed by atoms with van der Waals surface area (Å²) in [5, 5.41) is 0. The van der Waals surface area contributed by atoms with E-state index in [9.17, 15) is 4.79 Å². The van der Waals surface area contributed by atoms with Crippen molar-refractivity contribution in [3.63, 3.8) is 0 Å². The van der Waals surface area contributed by atoms with Crippen molar-refractivity contribution in [3.8, 4) is 0 Å². The van der Waals surface area contributed by atoms with Crippen LogP contribution in [0, 0.1) is 11.8 Å². The molecule has 2 atom stereocenters. The lowest BCUT2D eigenvalue weighted by molar-refractivity contribution is -0.135. The number of nitrogens with one attached hydrogen (secondary N) is 1. The molecule has 120 valence electrons. The summed E-state index contributed by atoms with van der Waals surface area (Å²) in [6, 6.07) is 10.6. The van der Waals surface area contributed by atoms with Gasteiger partial charge in [0.1, 0.15) is 0 Å². The zero-order valence-corrected chi connectivity index (χ0v) is 13.4. The first-order valence-corrected chi connectivity index (χ1v) is 8.63. The largest absolute Gasteiger partial charge is 0.348 e. The molecule has 1 N–H and O–H groups in total. The summed E-state index contributed by atoms with van der Waals surface area (Å²) in [6.45, 7) is 1.84. The van der Waals surface area contributed by atoms with E-state index in [1.165, 1.54) is 5.56 Å². The number of carbonyl (C=O) groups is 1. The standard InChI is InChI=1S/C19H23N3O/c23-19(16-6-7-17-18(11-16)21-13-20-17)22-9-8-15(12-22)10-14-4-2-1-3-5-14/h1-5,13,15-16H,6-12H2,(H,20,21)/t15-,16-/m0/s1. The van der Waals surface area contributed by atoms with Crippen LogP contribution in [0.25, 0.3) is 0 Å². The Bertz CT molecular complexity index is 679. The minimum atomic E-state index is 0.137. The van der Waals surface area contributed by atoms with Crippen LogP contribution >= 0.6 is 0 Å². The van der Waals surface area contributed by atoms with Crippen molar-refractivity contribution in [2.24, 2.45) is 11.8 Å². The first-order chi connectivity index (χ1) is 11.3. The number of fused-ring (bicyclic) bond motifs is 1. The van der Waals surface area contributed by atoms with E-state index in [2.05, 4.69) is 45.2 Å². The third-order valence-electron chi connectivity index (χ3n) is 5.30. The highest BCUT2D eigenvalue weighted by molar-refractivity contribution is 5.79. The molecule has 2 aliphatic rings. The van der Waals surface area contributed by atoms with Crippen LogP contribution in [0.1, 0.15) is 29.8 Å². The molecule has 1 aromatic heterocycles. The topological polar surface area (TPSA) is 49.0 Å². The maximum absolute atomic E-state index is 12.8. The number of benzene rings is 1. The van der Waals surface area contributed by atoms with Crippen molar-refractivity contribution in [1.29, 1.82) is 0 Å². The average molecular weight is 309 g/mol. The molecule has 4 heteroatoms. The van der Waals surface area contributed by atoms with Crippen LogP contribution in [0.3, 0.4) is 0 Å². The molecule has 1 amide bonds. The summed E-state index contributed by atoms with van der Waals surface area (Å²) in [4.78, 5) is 22.4. The van der Waals surface area contributed by atoms with E-state index in [1.54, 1.807) is 6.33 Å². The lowest BCUT2D eigenvalue weighted by Crippen LogP contribution is -2.37. The molecule has 1 aromatic carbocycles. The Morgan fingerprint density at radius 1 is 1.26 bits per heavy atom. The second-order valence-corrected chi connectivity index (χ2v) is 6.90. The number of aryl methyl sites for hydroxylation is 1. The molecule has 0 spiro atoms.